The Bertz CT molecular complexity index is 1320. The van der Waals surface area contributed by atoms with Crippen molar-refractivity contribution in [2.24, 2.45) is 11.1 Å². The van der Waals surface area contributed by atoms with Crippen LogP contribution in [0.5, 0.6) is 5.75 Å². The van der Waals surface area contributed by atoms with E-state index in [2.05, 4.69) is 15.4 Å². The summed E-state index contributed by atoms with van der Waals surface area (Å²) in [6, 6.07) is 33.1. The first-order chi connectivity index (χ1) is 17.6. The number of nitro groups is 1. The fourth-order valence-electron chi connectivity index (χ4n) is 4.27. The molecular weight excluding hydrogens is 456 g/mol. The molecule has 8 nitrogen and oxygen atoms in total. The van der Waals surface area contributed by atoms with Gasteiger partial charge in [-0.3, -0.25) is 15.0 Å². The van der Waals surface area contributed by atoms with Crippen LogP contribution in [0, 0.1) is 16.0 Å². The first-order valence-corrected chi connectivity index (χ1v) is 11.5. The van der Waals surface area contributed by atoms with Crippen molar-refractivity contribution in [3.8, 4) is 5.75 Å². The highest BCUT2D eigenvalue weighted by Crippen LogP contribution is 2.39. The molecule has 0 fully saturated rings. The van der Waals surface area contributed by atoms with Crippen LogP contribution in [0.4, 0.5) is 22.7 Å². The Morgan fingerprint density at radius 3 is 2.14 bits per heavy atom. The van der Waals surface area contributed by atoms with Crippen LogP contribution in [-0.2, 0) is 4.84 Å². The van der Waals surface area contributed by atoms with E-state index < -0.39 is 11.0 Å². The number of nitro benzene ring substituents is 1. The summed E-state index contributed by atoms with van der Waals surface area (Å²) in [6.07, 6.45) is -0.429. The van der Waals surface area contributed by atoms with E-state index >= 15 is 0 Å². The topological polar surface area (TPSA) is 100 Å². The second kappa shape index (κ2) is 10.2. The minimum Gasteiger partial charge on any atom is -0.508 e. The number of benzene rings is 4. The summed E-state index contributed by atoms with van der Waals surface area (Å²) >= 11 is 0. The van der Waals surface area contributed by atoms with Gasteiger partial charge in [-0.15, -0.1) is 0 Å². The molecule has 0 aliphatic carbocycles. The van der Waals surface area contributed by atoms with Gasteiger partial charge in [0.1, 0.15) is 5.75 Å². The average Bonchev–Trinajstić information content (AvgIpc) is 3.33. The molecule has 1 aliphatic heterocycles. The molecule has 0 saturated carbocycles. The fourth-order valence-corrected chi connectivity index (χ4v) is 4.27. The van der Waals surface area contributed by atoms with Crippen molar-refractivity contribution >= 4 is 28.6 Å². The van der Waals surface area contributed by atoms with Crippen LogP contribution in [0.1, 0.15) is 11.7 Å². The van der Waals surface area contributed by atoms with Crippen LogP contribution in [0.15, 0.2) is 114 Å². The lowest BCUT2D eigenvalue weighted by Gasteiger charge is -2.29. The Morgan fingerprint density at radius 1 is 0.889 bits per heavy atom. The summed E-state index contributed by atoms with van der Waals surface area (Å²) in [5.74, 6) is 0.608. The van der Waals surface area contributed by atoms with E-state index in [1.54, 1.807) is 24.3 Å². The molecule has 2 N–H and O–H groups in total. The highest BCUT2D eigenvalue weighted by atomic mass is 16.6. The molecule has 2 atom stereocenters. The van der Waals surface area contributed by atoms with Crippen LogP contribution in [0.2, 0.25) is 0 Å². The number of phenolic OH excluding ortho intramolecular Hbond substituents is 1. The van der Waals surface area contributed by atoms with E-state index in [1.807, 2.05) is 72.8 Å². The minimum atomic E-state index is -0.429. The smallest absolute Gasteiger partial charge is 0.271 e. The summed E-state index contributed by atoms with van der Waals surface area (Å²) < 4.78 is 0. The first-order valence-electron chi connectivity index (χ1n) is 11.5. The lowest BCUT2D eigenvalue weighted by atomic mass is 9.93. The van der Waals surface area contributed by atoms with Crippen LogP contribution < -0.4 is 10.2 Å². The van der Waals surface area contributed by atoms with E-state index in [4.69, 9.17) is 4.84 Å². The monoisotopic (exact) mass is 480 g/mol. The number of phenols is 1. The molecule has 0 saturated heterocycles. The zero-order valence-corrected chi connectivity index (χ0v) is 19.3. The van der Waals surface area contributed by atoms with Crippen LogP contribution >= 0.6 is 0 Å². The highest BCUT2D eigenvalue weighted by Gasteiger charge is 2.39. The number of non-ortho nitro benzene ring substituents is 1. The van der Waals surface area contributed by atoms with Gasteiger partial charge in [0, 0.05) is 35.7 Å². The van der Waals surface area contributed by atoms with Gasteiger partial charge in [-0.2, -0.15) is 0 Å². The Kier molecular flexibility index (Phi) is 6.48. The molecule has 4 aromatic rings. The second-order valence-corrected chi connectivity index (χ2v) is 8.37. The molecule has 0 radical (unpaired) electrons. The van der Waals surface area contributed by atoms with E-state index in [-0.39, 0.29) is 17.4 Å². The maximum atomic E-state index is 11.2. The molecule has 4 aromatic carbocycles. The van der Waals surface area contributed by atoms with Gasteiger partial charge >= 0.3 is 0 Å². The van der Waals surface area contributed by atoms with Crippen molar-refractivity contribution in [2.75, 3.05) is 16.8 Å². The van der Waals surface area contributed by atoms with Gasteiger partial charge in [0.25, 0.3) is 5.69 Å². The normalized spacial score (nSPS) is 16.6. The standard InChI is InChI=1S/C28H24N4O4/c33-25-16-14-20(15-17-25)27-26(19-29-21-8-7-13-24(18-21)32(34)35)28(30-36-27)31(22-9-3-1-4-10-22)23-11-5-2-6-12-23/h1-18,26-27,29,33H,19H2. The first kappa shape index (κ1) is 22.9. The second-order valence-electron chi connectivity index (χ2n) is 8.37. The molecule has 1 heterocycles. The number of anilines is 3. The van der Waals surface area contributed by atoms with Gasteiger partial charge in [-0.05, 0) is 48.0 Å². The lowest BCUT2D eigenvalue weighted by molar-refractivity contribution is -0.384. The number of nitrogens with zero attached hydrogens (tertiary/aromatic N) is 3. The Balaban J connectivity index is 1.52. The predicted octanol–water partition coefficient (Wildman–Crippen LogP) is 6.25. The van der Waals surface area contributed by atoms with E-state index in [0.29, 0.717) is 18.1 Å². The van der Waals surface area contributed by atoms with Gasteiger partial charge in [-0.1, -0.05) is 59.8 Å². The molecule has 180 valence electrons. The molecule has 0 spiro atoms. The molecule has 8 heteroatoms. The van der Waals surface area contributed by atoms with Crippen molar-refractivity contribution in [3.63, 3.8) is 0 Å². The molecular formula is C28H24N4O4. The molecule has 36 heavy (non-hydrogen) atoms. The summed E-state index contributed by atoms with van der Waals surface area (Å²) in [7, 11) is 0. The van der Waals surface area contributed by atoms with E-state index in [0.717, 1.165) is 16.9 Å². The zero-order chi connectivity index (χ0) is 24.9. The SMILES string of the molecule is O=[N+]([O-])c1cccc(NCC2C(N(c3ccccc3)c3ccccc3)=NOC2c2ccc(O)cc2)c1. The van der Waals surface area contributed by atoms with Gasteiger partial charge in [0.15, 0.2) is 11.9 Å². The summed E-state index contributed by atoms with van der Waals surface area (Å²) in [5.41, 5.74) is 3.36. The molecule has 0 amide bonds. The third kappa shape index (κ3) is 4.83. The Morgan fingerprint density at radius 2 is 1.53 bits per heavy atom. The number of nitrogens with one attached hydrogen (secondary N) is 1. The van der Waals surface area contributed by atoms with Crippen LogP contribution in [-0.4, -0.2) is 22.4 Å². The molecule has 0 aromatic heterocycles. The van der Waals surface area contributed by atoms with E-state index in [1.165, 1.54) is 12.1 Å². The number of rotatable bonds is 7. The van der Waals surface area contributed by atoms with Gasteiger partial charge in [0.05, 0.1) is 10.8 Å². The Labute approximate surface area is 208 Å². The quantitative estimate of drug-likeness (QED) is 0.239. The zero-order valence-electron chi connectivity index (χ0n) is 19.3. The maximum absolute atomic E-state index is 11.2. The van der Waals surface area contributed by atoms with Crippen molar-refractivity contribution in [3.05, 3.63) is 125 Å². The number of oxime groups is 1. The van der Waals surface area contributed by atoms with Crippen molar-refractivity contribution in [2.45, 2.75) is 6.10 Å². The molecule has 2 unspecified atom stereocenters. The van der Waals surface area contributed by atoms with E-state index in [9.17, 15) is 15.2 Å². The number of aromatic hydroxyl groups is 1. The number of amidine groups is 1. The molecule has 0 bridgehead atoms. The molecule has 5 rings (SSSR count). The van der Waals surface area contributed by atoms with Crippen molar-refractivity contribution in [1.29, 1.82) is 0 Å². The predicted molar refractivity (Wildman–Crippen MR) is 139 cm³/mol. The van der Waals surface area contributed by atoms with Crippen molar-refractivity contribution in [1.82, 2.24) is 0 Å². The minimum absolute atomic E-state index is 0.0156. The van der Waals surface area contributed by atoms with Gasteiger partial charge in [-0.25, -0.2) is 0 Å². The fraction of sp³-hybridized carbons (Fsp3) is 0.107. The highest BCUT2D eigenvalue weighted by molar-refractivity contribution is 6.06. The third-order valence-corrected chi connectivity index (χ3v) is 6.02. The van der Waals surface area contributed by atoms with Gasteiger partial charge < -0.3 is 15.3 Å². The van der Waals surface area contributed by atoms with Crippen LogP contribution in [0.25, 0.3) is 0 Å². The number of para-hydroxylation sites is 2. The number of hydrogen-bond acceptors (Lipinski definition) is 7. The summed E-state index contributed by atoms with van der Waals surface area (Å²) in [5, 5.41) is 28.9. The third-order valence-electron chi connectivity index (χ3n) is 6.02. The Hall–Kier alpha value is -4.85. The average molecular weight is 481 g/mol. The van der Waals surface area contributed by atoms with Crippen molar-refractivity contribution < 1.29 is 14.9 Å². The maximum Gasteiger partial charge on any atom is 0.271 e. The molecule has 1 aliphatic rings. The summed E-state index contributed by atoms with van der Waals surface area (Å²) in [6.45, 7) is 0.404. The van der Waals surface area contributed by atoms with Crippen LogP contribution in [0.3, 0.4) is 0 Å². The lowest BCUT2D eigenvalue weighted by Crippen LogP contribution is -2.36. The number of hydrogen-bond donors (Lipinski definition) is 2. The largest absolute Gasteiger partial charge is 0.508 e. The summed E-state index contributed by atoms with van der Waals surface area (Å²) in [4.78, 5) is 18.9. The van der Waals surface area contributed by atoms with Gasteiger partial charge in [0.2, 0.25) is 0 Å².